The van der Waals surface area contributed by atoms with Crippen molar-refractivity contribution in [2.24, 2.45) is 0 Å². The molecule has 0 fully saturated rings. The maximum absolute atomic E-state index is 13.5. The molecular formula is C16H18FN3O. The van der Waals surface area contributed by atoms with Crippen LogP contribution in [0.2, 0.25) is 0 Å². The Morgan fingerprint density at radius 3 is 2.86 bits per heavy atom. The minimum Gasteiger partial charge on any atom is -0.369 e. The lowest BCUT2D eigenvalue weighted by molar-refractivity contribution is 0.102. The summed E-state index contributed by atoms with van der Waals surface area (Å²) in [4.78, 5) is 16.5. The molecule has 2 rings (SSSR count). The Hall–Kier alpha value is -2.43. The number of rotatable bonds is 5. The highest BCUT2D eigenvalue weighted by Gasteiger charge is 2.13. The quantitative estimate of drug-likeness (QED) is 0.883. The summed E-state index contributed by atoms with van der Waals surface area (Å²) in [6.45, 7) is 4.40. The van der Waals surface area contributed by atoms with Gasteiger partial charge in [-0.1, -0.05) is 13.0 Å². The average Bonchev–Trinajstić information content (AvgIpc) is 2.50. The molecule has 0 unspecified atom stereocenters. The lowest BCUT2D eigenvalue weighted by atomic mass is 10.1. The molecule has 2 N–H and O–H groups in total. The fraction of sp³-hybridized carbons (Fsp3) is 0.250. The van der Waals surface area contributed by atoms with Gasteiger partial charge in [0.25, 0.3) is 5.91 Å². The molecule has 0 aliphatic heterocycles. The first kappa shape index (κ1) is 15.0. The highest BCUT2D eigenvalue weighted by atomic mass is 19.1. The molecule has 1 aromatic carbocycles. The fourth-order valence-corrected chi connectivity index (χ4v) is 1.91. The van der Waals surface area contributed by atoms with Crippen LogP contribution in [0.25, 0.3) is 0 Å². The van der Waals surface area contributed by atoms with E-state index < -0.39 is 0 Å². The maximum Gasteiger partial charge on any atom is 0.259 e. The van der Waals surface area contributed by atoms with Crippen LogP contribution in [0.1, 0.15) is 29.3 Å². The van der Waals surface area contributed by atoms with E-state index in [4.69, 9.17) is 0 Å². The van der Waals surface area contributed by atoms with Crippen LogP contribution in [0, 0.1) is 12.7 Å². The maximum atomic E-state index is 13.5. The predicted octanol–water partition coefficient (Wildman–Crippen LogP) is 3.60. The second kappa shape index (κ2) is 6.83. The van der Waals surface area contributed by atoms with Gasteiger partial charge in [-0.25, -0.2) is 9.37 Å². The van der Waals surface area contributed by atoms with E-state index in [1.54, 1.807) is 37.4 Å². The predicted molar refractivity (Wildman–Crippen MR) is 82.1 cm³/mol. The summed E-state index contributed by atoms with van der Waals surface area (Å²) in [6.07, 6.45) is 2.56. The van der Waals surface area contributed by atoms with Gasteiger partial charge in [0.2, 0.25) is 0 Å². The third-order valence-electron chi connectivity index (χ3n) is 3.11. The van der Waals surface area contributed by atoms with E-state index in [0.717, 1.165) is 13.0 Å². The summed E-state index contributed by atoms with van der Waals surface area (Å²) < 4.78 is 13.5. The summed E-state index contributed by atoms with van der Waals surface area (Å²) in [5.74, 6) is -0.121. The van der Waals surface area contributed by atoms with Gasteiger partial charge in [0.1, 0.15) is 11.6 Å². The Morgan fingerprint density at radius 1 is 1.29 bits per heavy atom. The average molecular weight is 287 g/mol. The number of carbonyl (C=O) groups is 1. The number of aromatic nitrogens is 1. The molecule has 1 aromatic heterocycles. The van der Waals surface area contributed by atoms with Crippen molar-refractivity contribution in [1.29, 1.82) is 0 Å². The second-order valence-electron chi connectivity index (χ2n) is 4.69. The van der Waals surface area contributed by atoms with Crippen LogP contribution in [-0.4, -0.2) is 17.4 Å². The summed E-state index contributed by atoms with van der Waals surface area (Å²) in [5.41, 5.74) is 1.32. The van der Waals surface area contributed by atoms with Gasteiger partial charge in [-0.05, 0) is 37.6 Å². The largest absolute Gasteiger partial charge is 0.369 e. The Balaban J connectivity index is 2.22. The molecule has 0 saturated carbocycles. The van der Waals surface area contributed by atoms with Crippen LogP contribution in [0.5, 0.6) is 0 Å². The van der Waals surface area contributed by atoms with Crippen molar-refractivity contribution in [3.05, 3.63) is 53.5 Å². The molecule has 0 bridgehead atoms. The Kier molecular flexibility index (Phi) is 4.87. The number of anilines is 2. The highest BCUT2D eigenvalue weighted by Crippen LogP contribution is 2.20. The van der Waals surface area contributed by atoms with Gasteiger partial charge in [0, 0.05) is 24.0 Å². The molecule has 0 spiro atoms. The van der Waals surface area contributed by atoms with Crippen molar-refractivity contribution in [3.8, 4) is 0 Å². The van der Waals surface area contributed by atoms with Crippen molar-refractivity contribution in [2.75, 3.05) is 17.2 Å². The highest BCUT2D eigenvalue weighted by molar-refractivity contribution is 6.07. The number of halogens is 1. The lowest BCUT2D eigenvalue weighted by Crippen LogP contribution is -2.16. The first-order chi connectivity index (χ1) is 10.1. The molecule has 0 atom stereocenters. The van der Waals surface area contributed by atoms with Crippen molar-refractivity contribution < 1.29 is 9.18 Å². The van der Waals surface area contributed by atoms with Crippen molar-refractivity contribution in [1.82, 2.24) is 4.98 Å². The number of nitrogens with one attached hydrogen (secondary N) is 2. The number of hydrogen-bond acceptors (Lipinski definition) is 3. The topological polar surface area (TPSA) is 54.0 Å². The summed E-state index contributed by atoms with van der Waals surface area (Å²) in [6, 6.07) is 7.99. The zero-order valence-electron chi connectivity index (χ0n) is 12.1. The molecule has 2 aromatic rings. The van der Waals surface area contributed by atoms with Crippen LogP contribution in [0.4, 0.5) is 15.9 Å². The monoisotopic (exact) mass is 287 g/mol. The van der Waals surface area contributed by atoms with E-state index in [2.05, 4.69) is 15.6 Å². The van der Waals surface area contributed by atoms with Crippen LogP contribution < -0.4 is 10.6 Å². The minimum atomic E-state index is -0.344. The van der Waals surface area contributed by atoms with E-state index >= 15 is 0 Å². The number of amides is 1. The zero-order chi connectivity index (χ0) is 15.2. The van der Waals surface area contributed by atoms with Gasteiger partial charge >= 0.3 is 0 Å². The number of hydrogen-bond donors (Lipinski definition) is 2. The molecular weight excluding hydrogens is 269 g/mol. The number of carbonyl (C=O) groups excluding carboxylic acids is 1. The van der Waals surface area contributed by atoms with Gasteiger partial charge in [-0.15, -0.1) is 0 Å². The molecule has 0 aliphatic rings. The molecule has 0 saturated heterocycles. The van der Waals surface area contributed by atoms with Gasteiger partial charge in [0.15, 0.2) is 0 Å². The molecule has 0 radical (unpaired) electrons. The number of benzene rings is 1. The normalized spacial score (nSPS) is 10.2. The van der Waals surface area contributed by atoms with Crippen LogP contribution in [0.15, 0.2) is 36.5 Å². The Labute approximate surface area is 123 Å². The lowest BCUT2D eigenvalue weighted by Gasteiger charge is -2.12. The number of pyridine rings is 1. The number of nitrogens with zero attached hydrogens (tertiary/aromatic N) is 1. The van der Waals surface area contributed by atoms with Gasteiger partial charge in [-0.3, -0.25) is 4.79 Å². The second-order valence-corrected chi connectivity index (χ2v) is 4.69. The molecule has 110 valence electrons. The van der Waals surface area contributed by atoms with Crippen molar-refractivity contribution in [2.45, 2.75) is 20.3 Å². The van der Waals surface area contributed by atoms with E-state index in [0.29, 0.717) is 22.6 Å². The summed E-state index contributed by atoms with van der Waals surface area (Å²) >= 11 is 0. The fourth-order valence-electron chi connectivity index (χ4n) is 1.91. The molecule has 4 nitrogen and oxygen atoms in total. The molecule has 0 aliphatic carbocycles. The van der Waals surface area contributed by atoms with E-state index in [1.165, 1.54) is 6.07 Å². The SMILES string of the molecule is CCCNc1ncccc1C(=O)Nc1cccc(F)c1C. The molecule has 5 heteroatoms. The van der Waals surface area contributed by atoms with E-state index in [1.807, 2.05) is 6.92 Å². The smallest absolute Gasteiger partial charge is 0.259 e. The first-order valence-electron chi connectivity index (χ1n) is 6.88. The van der Waals surface area contributed by atoms with Gasteiger partial charge in [0.05, 0.1) is 5.56 Å². The van der Waals surface area contributed by atoms with Gasteiger partial charge in [-0.2, -0.15) is 0 Å². The van der Waals surface area contributed by atoms with Crippen LogP contribution in [-0.2, 0) is 0 Å². The molecule has 21 heavy (non-hydrogen) atoms. The Morgan fingerprint density at radius 2 is 2.10 bits per heavy atom. The van der Waals surface area contributed by atoms with Gasteiger partial charge < -0.3 is 10.6 Å². The third-order valence-corrected chi connectivity index (χ3v) is 3.11. The third kappa shape index (κ3) is 3.56. The Bertz CT molecular complexity index is 643. The summed E-state index contributed by atoms with van der Waals surface area (Å²) in [5, 5.41) is 5.83. The van der Waals surface area contributed by atoms with Crippen LogP contribution in [0.3, 0.4) is 0 Å². The van der Waals surface area contributed by atoms with E-state index in [9.17, 15) is 9.18 Å². The van der Waals surface area contributed by atoms with E-state index in [-0.39, 0.29) is 11.7 Å². The summed E-state index contributed by atoms with van der Waals surface area (Å²) in [7, 11) is 0. The van der Waals surface area contributed by atoms with Crippen molar-refractivity contribution in [3.63, 3.8) is 0 Å². The molecule has 1 heterocycles. The zero-order valence-corrected chi connectivity index (χ0v) is 12.1. The molecule has 1 amide bonds. The standard InChI is InChI=1S/C16H18FN3O/c1-3-9-18-15-12(6-5-10-19-15)16(21)20-14-8-4-7-13(17)11(14)2/h4-8,10H,3,9H2,1-2H3,(H,18,19)(H,20,21). The van der Waals surface area contributed by atoms with Crippen LogP contribution >= 0.6 is 0 Å². The van der Waals surface area contributed by atoms with Crippen molar-refractivity contribution >= 4 is 17.4 Å². The first-order valence-corrected chi connectivity index (χ1v) is 6.88. The minimum absolute atomic E-state index is 0.310.